The third-order valence-corrected chi connectivity index (χ3v) is 4.37. The van der Waals surface area contributed by atoms with Crippen molar-refractivity contribution in [3.63, 3.8) is 0 Å². The van der Waals surface area contributed by atoms with Crippen LogP contribution in [0.1, 0.15) is 40.6 Å². The molecule has 0 unspecified atom stereocenters. The van der Waals surface area contributed by atoms with Crippen LogP contribution >= 0.6 is 0 Å². The smallest absolute Gasteiger partial charge is 0.150 e. The Kier molecular flexibility index (Phi) is 4.66. The van der Waals surface area contributed by atoms with E-state index in [1.165, 1.54) is 5.56 Å². The zero-order valence-electron chi connectivity index (χ0n) is 12.8. The van der Waals surface area contributed by atoms with Crippen molar-refractivity contribution in [1.29, 1.82) is 0 Å². The molecule has 3 rings (SSSR count). The van der Waals surface area contributed by atoms with Crippen molar-refractivity contribution in [2.75, 3.05) is 19.7 Å². The van der Waals surface area contributed by atoms with Crippen LogP contribution in [0.4, 0.5) is 0 Å². The van der Waals surface area contributed by atoms with E-state index in [1.54, 1.807) is 0 Å². The molecule has 114 valence electrons. The van der Waals surface area contributed by atoms with Crippen molar-refractivity contribution >= 4 is 6.29 Å². The van der Waals surface area contributed by atoms with Crippen LogP contribution in [-0.2, 0) is 4.74 Å². The van der Waals surface area contributed by atoms with E-state index in [0.29, 0.717) is 11.6 Å². The summed E-state index contributed by atoms with van der Waals surface area (Å²) in [4.78, 5) is 13.2. The van der Waals surface area contributed by atoms with Crippen LogP contribution in [-0.4, -0.2) is 30.9 Å². The van der Waals surface area contributed by atoms with Crippen molar-refractivity contribution in [2.24, 2.45) is 0 Å². The Morgan fingerprint density at radius 3 is 2.55 bits per heavy atom. The summed E-state index contributed by atoms with van der Waals surface area (Å²) in [5, 5.41) is 0. The third-order valence-electron chi connectivity index (χ3n) is 4.37. The van der Waals surface area contributed by atoms with Gasteiger partial charge in [-0.05, 0) is 18.1 Å². The summed E-state index contributed by atoms with van der Waals surface area (Å²) in [6.07, 6.45) is 0.940. The molecular formula is C19H21NO2. The third kappa shape index (κ3) is 3.26. The highest BCUT2D eigenvalue weighted by Gasteiger charge is 2.25. The van der Waals surface area contributed by atoms with Crippen LogP contribution < -0.4 is 0 Å². The summed E-state index contributed by atoms with van der Waals surface area (Å²) < 4.78 is 5.92. The van der Waals surface area contributed by atoms with Gasteiger partial charge in [-0.1, -0.05) is 54.6 Å². The number of rotatable bonds is 4. The maximum absolute atomic E-state index is 10.8. The van der Waals surface area contributed by atoms with Gasteiger partial charge in [0.15, 0.2) is 0 Å². The van der Waals surface area contributed by atoms with Crippen molar-refractivity contribution in [3.05, 3.63) is 71.3 Å². The zero-order chi connectivity index (χ0) is 15.4. The first-order valence-corrected chi connectivity index (χ1v) is 7.73. The topological polar surface area (TPSA) is 29.5 Å². The monoisotopic (exact) mass is 295 g/mol. The number of aldehydes is 1. The molecule has 3 heteroatoms. The summed E-state index contributed by atoms with van der Waals surface area (Å²) in [5.41, 5.74) is 3.17. The van der Waals surface area contributed by atoms with Gasteiger partial charge in [0, 0.05) is 24.7 Å². The number of hydrogen-bond donors (Lipinski definition) is 0. The summed E-state index contributed by atoms with van der Waals surface area (Å²) in [6.45, 7) is 4.79. The highest BCUT2D eigenvalue weighted by atomic mass is 16.5. The summed E-state index contributed by atoms with van der Waals surface area (Å²) in [5.74, 6) is 0. The Labute approximate surface area is 131 Å². The molecule has 0 amide bonds. The largest absolute Gasteiger partial charge is 0.371 e. The first-order chi connectivity index (χ1) is 10.8. The van der Waals surface area contributed by atoms with E-state index in [2.05, 4.69) is 36.1 Å². The summed E-state index contributed by atoms with van der Waals surface area (Å²) >= 11 is 0. The Bertz CT molecular complexity index is 609. The minimum Gasteiger partial charge on any atom is -0.371 e. The molecule has 0 spiro atoms. The molecule has 0 saturated carbocycles. The molecule has 0 aromatic heterocycles. The fourth-order valence-electron chi connectivity index (χ4n) is 2.95. The molecule has 22 heavy (non-hydrogen) atoms. The van der Waals surface area contributed by atoms with Crippen LogP contribution in [0.2, 0.25) is 0 Å². The van der Waals surface area contributed by atoms with Gasteiger partial charge in [0.2, 0.25) is 0 Å². The molecule has 2 atom stereocenters. The van der Waals surface area contributed by atoms with E-state index in [9.17, 15) is 4.79 Å². The molecule has 0 aliphatic carbocycles. The first kappa shape index (κ1) is 14.9. The SMILES string of the molecule is C[C@H](c1ccccc1)N1CCO[C@@H](c2ccc(C=O)cc2)C1. The quantitative estimate of drug-likeness (QED) is 0.807. The van der Waals surface area contributed by atoms with Crippen LogP contribution in [0, 0.1) is 0 Å². The summed E-state index contributed by atoms with van der Waals surface area (Å²) in [6, 6.07) is 18.6. The lowest BCUT2D eigenvalue weighted by Crippen LogP contribution is -2.39. The van der Waals surface area contributed by atoms with E-state index in [1.807, 2.05) is 30.3 Å². The average Bonchev–Trinajstić information content (AvgIpc) is 2.62. The lowest BCUT2D eigenvalue weighted by atomic mass is 10.0. The van der Waals surface area contributed by atoms with Crippen LogP contribution in [0.25, 0.3) is 0 Å². The molecule has 0 radical (unpaired) electrons. The molecule has 1 aliphatic rings. The van der Waals surface area contributed by atoms with Crippen LogP contribution in [0.5, 0.6) is 0 Å². The van der Waals surface area contributed by atoms with Gasteiger partial charge >= 0.3 is 0 Å². The average molecular weight is 295 g/mol. The van der Waals surface area contributed by atoms with Crippen molar-refractivity contribution in [2.45, 2.75) is 19.1 Å². The molecule has 2 aromatic rings. The van der Waals surface area contributed by atoms with Gasteiger partial charge in [0.1, 0.15) is 6.29 Å². The molecule has 2 aromatic carbocycles. The normalized spacial score (nSPS) is 20.5. The van der Waals surface area contributed by atoms with E-state index in [0.717, 1.165) is 31.5 Å². The Hall–Kier alpha value is -1.97. The van der Waals surface area contributed by atoms with Gasteiger partial charge in [0.05, 0.1) is 12.7 Å². The highest BCUT2D eigenvalue weighted by Crippen LogP contribution is 2.28. The molecular weight excluding hydrogens is 274 g/mol. The molecule has 1 saturated heterocycles. The van der Waals surface area contributed by atoms with Gasteiger partial charge in [-0.15, -0.1) is 0 Å². The second kappa shape index (κ2) is 6.86. The second-order valence-corrected chi connectivity index (χ2v) is 5.73. The van der Waals surface area contributed by atoms with Crippen LogP contribution in [0.3, 0.4) is 0 Å². The number of hydrogen-bond acceptors (Lipinski definition) is 3. The standard InChI is InChI=1S/C19H21NO2/c1-15(17-5-3-2-4-6-17)20-11-12-22-19(13-20)18-9-7-16(14-21)8-10-18/h2-10,14-15,19H,11-13H2,1H3/t15-,19-/m1/s1. The fraction of sp³-hybridized carbons (Fsp3) is 0.316. The molecule has 0 bridgehead atoms. The lowest BCUT2D eigenvalue weighted by Gasteiger charge is -2.37. The Balaban J connectivity index is 1.72. The minimum absolute atomic E-state index is 0.0700. The Morgan fingerprint density at radius 2 is 1.86 bits per heavy atom. The molecule has 3 nitrogen and oxygen atoms in total. The number of ether oxygens (including phenoxy) is 1. The van der Waals surface area contributed by atoms with E-state index in [-0.39, 0.29) is 6.10 Å². The number of carbonyl (C=O) groups is 1. The predicted molar refractivity (Wildman–Crippen MR) is 87.0 cm³/mol. The summed E-state index contributed by atoms with van der Waals surface area (Å²) in [7, 11) is 0. The highest BCUT2D eigenvalue weighted by molar-refractivity contribution is 5.74. The van der Waals surface area contributed by atoms with E-state index in [4.69, 9.17) is 4.74 Å². The molecule has 1 fully saturated rings. The maximum atomic E-state index is 10.8. The van der Waals surface area contributed by atoms with Gasteiger partial charge in [-0.2, -0.15) is 0 Å². The number of benzene rings is 2. The van der Waals surface area contributed by atoms with Crippen molar-refractivity contribution < 1.29 is 9.53 Å². The van der Waals surface area contributed by atoms with Gasteiger partial charge in [-0.3, -0.25) is 9.69 Å². The van der Waals surface area contributed by atoms with Crippen LogP contribution in [0.15, 0.2) is 54.6 Å². The van der Waals surface area contributed by atoms with Gasteiger partial charge in [-0.25, -0.2) is 0 Å². The molecule has 1 aliphatic heterocycles. The number of nitrogens with zero attached hydrogens (tertiary/aromatic N) is 1. The van der Waals surface area contributed by atoms with Gasteiger partial charge < -0.3 is 4.74 Å². The van der Waals surface area contributed by atoms with E-state index >= 15 is 0 Å². The fourth-order valence-corrected chi connectivity index (χ4v) is 2.95. The van der Waals surface area contributed by atoms with Crippen molar-refractivity contribution in [3.8, 4) is 0 Å². The minimum atomic E-state index is 0.0700. The number of morpholine rings is 1. The van der Waals surface area contributed by atoms with Gasteiger partial charge in [0.25, 0.3) is 0 Å². The van der Waals surface area contributed by atoms with E-state index < -0.39 is 0 Å². The number of carbonyl (C=O) groups excluding carboxylic acids is 1. The maximum Gasteiger partial charge on any atom is 0.150 e. The van der Waals surface area contributed by atoms with Crippen molar-refractivity contribution in [1.82, 2.24) is 4.90 Å². The predicted octanol–water partition coefficient (Wildman–Crippen LogP) is 3.63. The second-order valence-electron chi connectivity index (χ2n) is 5.73. The zero-order valence-corrected chi connectivity index (χ0v) is 12.8. The first-order valence-electron chi connectivity index (χ1n) is 7.73. The molecule has 0 N–H and O–H groups in total. The Morgan fingerprint density at radius 1 is 1.14 bits per heavy atom. The molecule has 1 heterocycles. The lowest BCUT2D eigenvalue weighted by molar-refractivity contribution is -0.0431.